The van der Waals surface area contributed by atoms with Gasteiger partial charge in [-0.25, -0.2) is 0 Å². The van der Waals surface area contributed by atoms with Gasteiger partial charge in [0.05, 0.1) is 12.2 Å². The fraction of sp³-hybridized carbons (Fsp3) is 0.647. The summed E-state index contributed by atoms with van der Waals surface area (Å²) in [5, 5.41) is 0. The number of nitrogens with zero attached hydrogens (tertiary/aromatic N) is 1. The molecule has 1 aromatic rings. The maximum Gasteiger partial charge on any atom is 0.161 e. The molecule has 2 heterocycles. The molecule has 0 amide bonds. The maximum absolute atomic E-state index is 6.09. The van der Waals surface area contributed by atoms with Gasteiger partial charge in [-0.3, -0.25) is 4.90 Å². The van der Waals surface area contributed by atoms with Crippen molar-refractivity contribution in [3.05, 3.63) is 24.3 Å². The second-order valence-electron chi connectivity index (χ2n) is 6.47. The summed E-state index contributed by atoms with van der Waals surface area (Å²) in [6, 6.07) is 7.92. The zero-order valence-electron chi connectivity index (χ0n) is 12.4. The molecule has 1 aromatic carbocycles. The SMILES string of the molecule is c1ccc2c(c1)OC[C@@H](CN1CCOC3(CCCC3)C1)O2. The number of benzene rings is 1. The molecule has 0 N–H and O–H groups in total. The molecule has 1 saturated heterocycles. The highest BCUT2D eigenvalue weighted by atomic mass is 16.6. The van der Waals surface area contributed by atoms with Gasteiger partial charge < -0.3 is 14.2 Å². The van der Waals surface area contributed by atoms with Crippen LogP contribution in [-0.2, 0) is 4.74 Å². The molecule has 0 aromatic heterocycles. The van der Waals surface area contributed by atoms with Gasteiger partial charge in [0.1, 0.15) is 12.7 Å². The van der Waals surface area contributed by atoms with Crippen molar-refractivity contribution in [2.75, 3.05) is 32.8 Å². The van der Waals surface area contributed by atoms with E-state index in [1.165, 1.54) is 25.7 Å². The zero-order chi connectivity index (χ0) is 14.1. The van der Waals surface area contributed by atoms with Crippen molar-refractivity contribution in [1.29, 1.82) is 0 Å². The molecule has 1 spiro atoms. The maximum atomic E-state index is 6.09. The molecule has 21 heavy (non-hydrogen) atoms. The minimum absolute atomic E-state index is 0.122. The Bertz CT molecular complexity index is 499. The summed E-state index contributed by atoms with van der Waals surface area (Å²) in [6.07, 6.45) is 5.17. The number of morpholine rings is 1. The second-order valence-corrected chi connectivity index (χ2v) is 6.47. The van der Waals surface area contributed by atoms with E-state index >= 15 is 0 Å². The van der Waals surface area contributed by atoms with Crippen molar-refractivity contribution in [3.8, 4) is 11.5 Å². The predicted molar refractivity (Wildman–Crippen MR) is 79.9 cm³/mol. The molecule has 1 atom stereocenters. The van der Waals surface area contributed by atoms with Crippen LogP contribution < -0.4 is 9.47 Å². The number of fused-ring (bicyclic) bond motifs is 1. The normalized spacial score (nSPS) is 27.9. The quantitative estimate of drug-likeness (QED) is 0.837. The van der Waals surface area contributed by atoms with Crippen molar-refractivity contribution in [2.45, 2.75) is 37.4 Å². The minimum atomic E-state index is 0.122. The van der Waals surface area contributed by atoms with E-state index in [-0.39, 0.29) is 11.7 Å². The summed E-state index contributed by atoms with van der Waals surface area (Å²) in [5.41, 5.74) is 0.131. The Morgan fingerprint density at radius 3 is 2.81 bits per heavy atom. The van der Waals surface area contributed by atoms with Gasteiger partial charge in [0.15, 0.2) is 11.5 Å². The summed E-state index contributed by atoms with van der Waals surface area (Å²) in [7, 11) is 0. The van der Waals surface area contributed by atoms with Gasteiger partial charge in [-0.05, 0) is 25.0 Å². The van der Waals surface area contributed by atoms with Crippen LogP contribution in [0.3, 0.4) is 0 Å². The smallest absolute Gasteiger partial charge is 0.161 e. The summed E-state index contributed by atoms with van der Waals surface area (Å²) >= 11 is 0. The Hall–Kier alpha value is -1.26. The van der Waals surface area contributed by atoms with Gasteiger partial charge in [-0.1, -0.05) is 25.0 Å². The zero-order valence-corrected chi connectivity index (χ0v) is 12.4. The first-order valence-electron chi connectivity index (χ1n) is 8.08. The molecule has 3 aliphatic rings. The van der Waals surface area contributed by atoms with Gasteiger partial charge in [0, 0.05) is 19.6 Å². The van der Waals surface area contributed by atoms with Crippen molar-refractivity contribution in [2.24, 2.45) is 0 Å². The lowest BCUT2D eigenvalue weighted by Gasteiger charge is -2.42. The summed E-state index contributed by atoms with van der Waals surface area (Å²) in [4.78, 5) is 2.50. The van der Waals surface area contributed by atoms with Crippen LogP contribution in [0.2, 0.25) is 0 Å². The number of para-hydroxylation sites is 2. The standard InChI is InChI=1S/C17H23NO3/c1-2-6-16-15(5-1)19-12-14(21-16)11-18-9-10-20-17(13-18)7-3-4-8-17/h1-2,5-6,14H,3-4,7-13H2/t14-/m1/s1. The second kappa shape index (κ2) is 5.50. The Kier molecular flexibility index (Phi) is 3.51. The lowest BCUT2D eigenvalue weighted by atomic mass is 9.99. The predicted octanol–water partition coefficient (Wildman–Crippen LogP) is 2.47. The highest BCUT2D eigenvalue weighted by Crippen LogP contribution is 2.36. The Morgan fingerprint density at radius 1 is 1.14 bits per heavy atom. The van der Waals surface area contributed by atoms with Gasteiger partial charge in [0.2, 0.25) is 0 Å². The molecule has 1 saturated carbocycles. The Morgan fingerprint density at radius 2 is 1.95 bits per heavy atom. The first-order valence-corrected chi connectivity index (χ1v) is 8.08. The van der Waals surface area contributed by atoms with Crippen LogP contribution in [0.5, 0.6) is 11.5 Å². The molecule has 0 radical (unpaired) electrons. The van der Waals surface area contributed by atoms with Gasteiger partial charge in [-0.2, -0.15) is 0 Å². The lowest BCUT2D eigenvalue weighted by Crippen LogP contribution is -2.53. The number of hydrogen-bond acceptors (Lipinski definition) is 4. The third kappa shape index (κ3) is 2.74. The van der Waals surface area contributed by atoms with Crippen molar-refractivity contribution in [1.82, 2.24) is 4.90 Å². The molecule has 1 aliphatic carbocycles. The molecule has 4 rings (SSSR count). The van der Waals surface area contributed by atoms with E-state index in [9.17, 15) is 0 Å². The molecular weight excluding hydrogens is 266 g/mol. The highest BCUT2D eigenvalue weighted by Gasteiger charge is 2.40. The van der Waals surface area contributed by atoms with E-state index in [1.54, 1.807) is 0 Å². The van der Waals surface area contributed by atoms with Crippen LogP contribution in [0, 0.1) is 0 Å². The van der Waals surface area contributed by atoms with E-state index < -0.39 is 0 Å². The van der Waals surface area contributed by atoms with Crippen LogP contribution in [0.4, 0.5) is 0 Å². The fourth-order valence-corrected chi connectivity index (χ4v) is 3.84. The van der Waals surface area contributed by atoms with E-state index in [2.05, 4.69) is 4.90 Å². The molecule has 2 fully saturated rings. The highest BCUT2D eigenvalue weighted by molar-refractivity contribution is 5.40. The first kappa shape index (κ1) is 13.4. The average molecular weight is 289 g/mol. The topological polar surface area (TPSA) is 30.9 Å². The van der Waals surface area contributed by atoms with E-state index in [0.29, 0.717) is 6.61 Å². The molecule has 0 bridgehead atoms. The fourth-order valence-electron chi connectivity index (χ4n) is 3.84. The van der Waals surface area contributed by atoms with Crippen LogP contribution in [0.25, 0.3) is 0 Å². The number of ether oxygens (including phenoxy) is 3. The molecule has 4 heteroatoms. The molecular formula is C17H23NO3. The number of hydrogen-bond donors (Lipinski definition) is 0. The van der Waals surface area contributed by atoms with Crippen molar-refractivity contribution < 1.29 is 14.2 Å². The Balaban J connectivity index is 1.38. The van der Waals surface area contributed by atoms with E-state index in [0.717, 1.165) is 37.7 Å². The first-order chi connectivity index (χ1) is 10.3. The third-order valence-corrected chi connectivity index (χ3v) is 4.87. The van der Waals surface area contributed by atoms with Crippen molar-refractivity contribution in [3.63, 3.8) is 0 Å². The van der Waals surface area contributed by atoms with Gasteiger partial charge in [0.25, 0.3) is 0 Å². The van der Waals surface area contributed by atoms with Crippen LogP contribution >= 0.6 is 0 Å². The third-order valence-electron chi connectivity index (χ3n) is 4.87. The minimum Gasteiger partial charge on any atom is -0.486 e. The monoisotopic (exact) mass is 289 g/mol. The molecule has 114 valence electrons. The van der Waals surface area contributed by atoms with Gasteiger partial charge >= 0.3 is 0 Å². The van der Waals surface area contributed by atoms with E-state index in [1.807, 2.05) is 24.3 Å². The molecule has 2 aliphatic heterocycles. The Labute approximate surface area is 126 Å². The average Bonchev–Trinajstić information content (AvgIpc) is 2.95. The number of rotatable bonds is 2. The van der Waals surface area contributed by atoms with Crippen LogP contribution in [-0.4, -0.2) is 49.5 Å². The van der Waals surface area contributed by atoms with Crippen LogP contribution in [0.15, 0.2) is 24.3 Å². The van der Waals surface area contributed by atoms with Crippen LogP contribution in [0.1, 0.15) is 25.7 Å². The summed E-state index contributed by atoms with van der Waals surface area (Å²) in [6.45, 7) is 4.47. The summed E-state index contributed by atoms with van der Waals surface area (Å²) in [5.74, 6) is 1.74. The molecule has 0 unspecified atom stereocenters. The molecule has 4 nitrogen and oxygen atoms in total. The largest absolute Gasteiger partial charge is 0.486 e. The van der Waals surface area contributed by atoms with E-state index in [4.69, 9.17) is 14.2 Å². The summed E-state index contributed by atoms with van der Waals surface area (Å²) < 4.78 is 18.0. The lowest BCUT2D eigenvalue weighted by molar-refractivity contribution is -0.111. The van der Waals surface area contributed by atoms with Gasteiger partial charge in [-0.15, -0.1) is 0 Å². The van der Waals surface area contributed by atoms with Crippen molar-refractivity contribution >= 4 is 0 Å².